The van der Waals surface area contributed by atoms with E-state index < -0.39 is 15.9 Å². The maximum absolute atomic E-state index is 12.1. The van der Waals surface area contributed by atoms with E-state index in [9.17, 15) is 18.0 Å². The van der Waals surface area contributed by atoms with Gasteiger partial charge in [0, 0.05) is 6.54 Å². The first kappa shape index (κ1) is 20.4. The van der Waals surface area contributed by atoms with Crippen molar-refractivity contribution in [2.24, 2.45) is 5.14 Å². The van der Waals surface area contributed by atoms with Crippen molar-refractivity contribution < 1.29 is 22.7 Å². The molecule has 144 valence electrons. The average Bonchev–Trinajstić information content (AvgIpc) is 2.65. The molecule has 0 aromatic heterocycles. The molecule has 9 heteroatoms. The third-order valence-electron chi connectivity index (χ3n) is 3.75. The van der Waals surface area contributed by atoms with Crippen LogP contribution in [0.5, 0.6) is 5.75 Å². The first-order valence-corrected chi connectivity index (χ1v) is 9.65. The molecule has 0 aliphatic carbocycles. The van der Waals surface area contributed by atoms with Crippen LogP contribution in [0.3, 0.4) is 0 Å². The number of nitrogens with one attached hydrogen (secondary N) is 2. The summed E-state index contributed by atoms with van der Waals surface area (Å²) in [6, 6.07) is 12.8. The number of rotatable bonds is 8. The highest BCUT2D eigenvalue weighted by Crippen LogP contribution is 2.16. The summed E-state index contributed by atoms with van der Waals surface area (Å²) in [7, 11) is -2.25. The standard InChI is InChI=1S/C18H21N3O5S/c1-26-16-5-3-2-4-15(16)18(23)21-12-17(22)20-11-10-13-6-8-14(9-7-13)27(19,24)25/h2-9H,10-12H2,1H3,(H,20,22)(H,21,23)(H2,19,24,25). The quantitative estimate of drug-likeness (QED) is 0.601. The van der Waals surface area contributed by atoms with E-state index in [0.29, 0.717) is 24.3 Å². The lowest BCUT2D eigenvalue weighted by Crippen LogP contribution is -2.37. The van der Waals surface area contributed by atoms with Gasteiger partial charge in [0.25, 0.3) is 5.91 Å². The second-order valence-electron chi connectivity index (χ2n) is 5.67. The molecular weight excluding hydrogens is 370 g/mol. The van der Waals surface area contributed by atoms with E-state index in [1.165, 1.54) is 19.2 Å². The van der Waals surface area contributed by atoms with Gasteiger partial charge in [-0.3, -0.25) is 9.59 Å². The summed E-state index contributed by atoms with van der Waals surface area (Å²) >= 11 is 0. The third kappa shape index (κ3) is 6.08. The van der Waals surface area contributed by atoms with Gasteiger partial charge in [-0.05, 0) is 36.2 Å². The van der Waals surface area contributed by atoms with Gasteiger partial charge >= 0.3 is 0 Å². The lowest BCUT2D eigenvalue weighted by atomic mass is 10.1. The van der Waals surface area contributed by atoms with Gasteiger partial charge < -0.3 is 15.4 Å². The first-order chi connectivity index (χ1) is 12.8. The van der Waals surface area contributed by atoms with E-state index in [1.54, 1.807) is 36.4 Å². The Balaban J connectivity index is 1.77. The number of hydrogen-bond donors (Lipinski definition) is 3. The zero-order chi connectivity index (χ0) is 19.9. The fourth-order valence-electron chi connectivity index (χ4n) is 2.34. The second kappa shape index (κ2) is 9.15. The number of amides is 2. The van der Waals surface area contributed by atoms with Gasteiger partial charge in [-0.15, -0.1) is 0 Å². The number of para-hydroxylation sites is 1. The Labute approximate surface area is 157 Å². The molecule has 0 radical (unpaired) electrons. The highest BCUT2D eigenvalue weighted by Gasteiger charge is 2.12. The summed E-state index contributed by atoms with van der Waals surface area (Å²) in [6.07, 6.45) is 0.511. The minimum Gasteiger partial charge on any atom is -0.496 e. The van der Waals surface area contributed by atoms with Crippen LogP contribution in [-0.2, 0) is 21.2 Å². The molecule has 2 amide bonds. The molecule has 0 unspecified atom stereocenters. The number of carbonyl (C=O) groups is 2. The molecule has 0 bridgehead atoms. The van der Waals surface area contributed by atoms with Crippen molar-refractivity contribution >= 4 is 21.8 Å². The summed E-state index contributed by atoms with van der Waals surface area (Å²) in [6.45, 7) is 0.180. The van der Waals surface area contributed by atoms with Crippen molar-refractivity contribution in [3.8, 4) is 5.75 Å². The van der Waals surface area contributed by atoms with Crippen LogP contribution in [0.1, 0.15) is 15.9 Å². The molecule has 0 spiro atoms. The Hall–Kier alpha value is -2.91. The second-order valence-corrected chi connectivity index (χ2v) is 7.23. The molecule has 27 heavy (non-hydrogen) atoms. The van der Waals surface area contributed by atoms with Crippen molar-refractivity contribution in [2.45, 2.75) is 11.3 Å². The normalized spacial score (nSPS) is 10.9. The number of nitrogens with two attached hydrogens (primary N) is 1. The van der Waals surface area contributed by atoms with E-state index in [4.69, 9.17) is 9.88 Å². The molecule has 2 aromatic carbocycles. The third-order valence-corrected chi connectivity index (χ3v) is 4.68. The van der Waals surface area contributed by atoms with Crippen molar-refractivity contribution in [3.05, 3.63) is 59.7 Å². The molecule has 0 saturated carbocycles. The fraction of sp³-hybridized carbons (Fsp3) is 0.222. The van der Waals surface area contributed by atoms with Gasteiger partial charge in [0.1, 0.15) is 5.75 Å². The molecule has 0 saturated heterocycles. The highest BCUT2D eigenvalue weighted by atomic mass is 32.2. The van der Waals surface area contributed by atoms with Crippen LogP contribution >= 0.6 is 0 Å². The van der Waals surface area contributed by atoms with Crippen LogP contribution < -0.4 is 20.5 Å². The van der Waals surface area contributed by atoms with Crippen molar-refractivity contribution in [3.63, 3.8) is 0 Å². The molecular formula is C18H21N3O5S. The van der Waals surface area contributed by atoms with E-state index >= 15 is 0 Å². The van der Waals surface area contributed by atoms with Crippen molar-refractivity contribution in [1.82, 2.24) is 10.6 Å². The van der Waals surface area contributed by atoms with E-state index in [1.807, 2.05) is 0 Å². The van der Waals surface area contributed by atoms with Crippen LogP contribution in [0.4, 0.5) is 0 Å². The highest BCUT2D eigenvalue weighted by molar-refractivity contribution is 7.89. The number of hydrogen-bond acceptors (Lipinski definition) is 5. The number of carbonyl (C=O) groups excluding carboxylic acids is 2. The van der Waals surface area contributed by atoms with Crippen LogP contribution in [0.2, 0.25) is 0 Å². The minimum atomic E-state index is -3.72. The Morgan fingerprint density at radius 3 is 2.33 bits per heavy atom. The molecule has 2 aromatic rings. The first-order valence-electron chi connectivity index (χ1n) is 8.11. The predicted octanol–water partition coefficient (Wildman–Crippen LogP) is 0.431. The largest absolute Gasteiger partial charge is 0.496 e. The Morgan fingerprint density at radius 2 is 1.70 bits per heavy atom. The maximum Gasteiger partial charge on any atom is 0.255 e. The monoisotopic (exact) mass is 391 g/mol. The zero-order valence-electron chi connectivity index (χ0n) is 14.8. The number of primary sulfonamides is 1. The maximum atomic E-state index is 12.1. The number of methoxy groups -OCH3 is 1. The SMILES string of the molecule is COc1ccccc1C(=O)NCC(=O)NCCc1ccc(S(N)(=O)=O)cc1. The molecule has 0 heterocycles. The van der Waals surface area contributed by atoms with Crippen molar-refractivity contribution in [2.75, 3.05) is 20.2 Å². The average molecular weight is 391 g/mol. The summed E-state index contributed by atoms with van der Waals surface area (Å²) in [5, 5.41) is 10.3. The van der Waals surface area contributed by atoms with E-state index in [2.05, 4.69) is 10.6 Å². The predicted molar refractivity (Wildman–Crippen MR) is 99.9 cm³/mol. The van der Waals surface area contributed by atoms with Gasteiger partial charge in [0.2, 0.25) is 15.9 Å². The van der Waals surface area contributed by atoms with Crippen LogP contribution in [-0.4, -0.2) is 40.4 Å². The Bertz CT molecular complexity index is 911. The number of ether oxygens (including phenoxy) is 1. The van der Waals surface area contributed by atoms with Gasteiger partial charge in [0.15, 0.2) is 0 Å². The summed E-state index contributed by atoms with van der Waals surface area (Å²) in [5.41, 5.74) is 1.20. The summed E-state index contributed by atoms with van der Waals surface area (Å²) in [5.74, 6) is -0.307. The summed E-state index contributed by atoms with van der Waals surface area (Å²) in [4.78, 5) is 24.0. The van der Waals surface area contributed by atoms with Gasteiger partial charge in [-0.1, -0.05) is 24.3 Å². The molecule has 0 aliphatic heterocycles. The number of sulfonamides is 1. The smallest absolute Gasteiger partial charge is 0.255 e. The topological polar surface area (TPSA) is 128 Å². The summed E-state index contributed by atoms with van der Waals surface area (Å²) < 4.78 is 27.5. The fourth-order valence-corrected chi connectivity index (χ4v) is 2.86. The van der Waals surface area contributed by atoms with Gasteiger partial charge in [-0.25, -0.2) is 13.6 Å². The Morgan fingerprint density at radius 1 is 1.04 bits per heavy atom. The molecule has 2 rings (SSSR count). The molecule has 8 nitrogen and oxygen atoms in total. The van der Waals surface area contributed by atoms with Gasteiger partial charge in [-0.2, -0.15) is 0 Å². The zero-order valence-corrected chi connectivity index (χ0v) is 15.6. The van der Waals surface area contributed by atoms with Crippen LogP contribution in [0.25, 0.3) is 0 Å². The molecule has 0 fully saturated rings. The Kier molecular flexibility index (Phi) is 6.91. The molecule has 0 aliphatic rings. The molecule has 4 N–H and O–H groups in total. The van der Waals surface area contributed by atoms with Gasteiger partial charge in [0.05, 0.1) is 24.1 Å². The van der Waals surface area contributed by atoms with E-state index in [0.717, 1.165) is 5.56 Å². The van der Waals surface area contributed by atoms with Crippen LogP contribution in [0.15, 0.2) is 53.4 Å². The van der Waals surface area contributed by atoms with Crippen LogP contribution in [0, 0.1) is 0 Å². The minimum absolute atomic E-state index is 0.0364. The lowest BCUT2D eigenvalue weighted by Gasteiger charge is -2.09. The lowest BCUT2D eigenvalue weighted by molar-refractivity contribution is -0.120. The molecule has 0 atom stereocenters. The van der Waals surface area contributed by atoms with E-state index in [-0.39, 0.29) is 17.3 Å². The van der Waals surface area contributed by atoms with Crippen molar-refractivity contribution in [1.29, 1.82) is 0 Å². The number of benzene rings is 2.